The van der Waals surface area contributed by atoms with Gasteiger partial charge in [-0.1, -0.05) is 42.5 Å². The predicted molar refractivity (Wildman–Crippen MR) is 92.9 cm³/mol. The van der Waals surface area contributed by atoms with Crippen LogP contribution in [0.4, 0.5) is 13.2 Å². The number of ketones is 1. The van der Waals surface area contributed by atoms with Gasteiger partial charge in [-0.2, -0.15) is 13.2 Å². The molecule has 0 radical (unpaired) electrons. The van der Waals surface area contributed by atoms with Crippen LogP contribution in [0.1, 0.15) is 36.0 Å². The maximum Gasteiger partial charge on any atom is 0.389 e. The van der Waals surface area contributed by atoms with E-state index < -0.39 is 24.9 Å². The molecule has 1 atom stereocenters. The molecule has 0 aromatic heterocycles. The van der Waals surface area contributed by atoms with E-state index in [4.69, 9.17) is 0 Å². The summed E-state index contributed by atoms with van der Waals surface area (Å²) in [6.45, 7) is 0.606. The summed E-state index contributed by atoms with van der Waals surface area (Å²) in [6, 6.07) is 13.1. The average Bonchev–Trinajstić information content (AvgIpc) is 2.64. The van der Waals surface area contributed by atoms with Crippen LogP contribution in [0.5, 0.6) is 0 Å². The van der Waals surface area contributed by atoms with E-state index in [9.17, 15) is 22.8 Å². The van der Waals surface area contributed by atoms with Gasteiger partial charge in [0.15, 0.2) is 5.78 Å². The normalized spacial score (nSPS) is 18.1. The Morgan fingerprint density at radius 1 is 1.08 bits per heavy atom. The fourth-order valence-electron chi connectivity index (χ4n) is 3.48. The van der Waals surface area contributed by atoms with Crippen molar-refractivity contribution in [1.82, 2.24) is 4.90 Å². The van der Waals surface area contributed by atoms with Gasteiger partial charge in [-0.15, -0.1) is 0 Å². The summed E-state index contributed by atoms with van der Waals surface area (Å²) in [4.78, 5) is 26.5. The zero-order valence-corrected chi connectivity index (χ0v) is 14.3. The number of carbonyl (C=O) groups is 2. The molecule has 0 aliphatic carbocycles. The fraction of sp³-hybridized carbons (Fsp3) is 0.400. The Labute approximate surface area is 149 Å². The van der Waals surface area contributed by atoms with Gasteiger partial charge in [0.2, 0.25) is 5.91 Å². The second-order valence-electron chi connectivity index (χ2n) is 6.69. The number of alkyl halides is 3. The lowest BCUT2D eigenvalue weighted by molar-refractivity contribution is -0.149. The monoisotopic (exact) mass is 363 g/mol. The molecule has 6 heteroatoms. The van der Waals surface area contributed by atoms with Crippen LogP contribution in [0.3, 0.4) is 0 Å². The first-order chi connectivity index (χ1) is 12.3. The Morgan fingerprint density at radius 2 is 1.81 bits per heavy atom. The number of rotatable bonds is 4. The van der Waals surface area contributed by atoms with Gasteiger partial charge in [0, 0.05) is 31.0 Å². The number of piperidine rings is 1. The highest BCUT2D eigenvalue weighted by atomic mass is 19.4. The number of benzene rings is 2. The average molecular weight is 363 g/mol. The van der Waals surface area contributed by atoms with Crippen LogP contribution in [0, 0.1) is 5.92 Å². The van der Waals surface area contributed by atoms with Gasteiger partial charge in [0.1, 0.15) is 0 Å². The lowest BCUT2D eigenvalue weighted by atomic mass is 9.88. The van der Waals surface area contributed by atoms with Crippen LogP contribution >= 0.6 is 0 Å². The molecule has 1 fully saturated rings. The molecule has 2 aromatic carbocycles. The predicted octanol–water partition coefficient (Wildman–Crippen LogP) is 4.60. The van der Waals surface area contributed by atoms with E-state index in [1.54, 1.807) is 6.07 Å². The van der Waals surface area contributed by atoms with E-state index in [-0.39, 0.29) is 18.2 Å². The van der Waals surface area contributed by atoms with Crippen LogP contribution in [-0.2, 0) is 4.79 Å². The van der Waals surface area contributed by atoms with Crippen LogP contribution in [0.2, 0.25) is 0 Å². The summed E-state index contributed by atoms with van der Waals surface area (Å²) in [6.07, 6.45) is -4.75. The largest absolute Gasteiger partial charge is 0.389 e. The van der Waals surface area contributed by atoms with E-state index >= 15 is 0 Å². The molecule has 3 rings (SSSR count). The molecule has 1 saturated heterocycles. The van der Waals surface area contributed by atoms with Crippen LogP contribution in [0.25, 0.3) is 10.8 Å². The van der Waals surface area contributed by atoms with Crippen molar-refractivity contribution in [2.24, 2.45) is 5.92 Å². The van der Waals surface area contributed by atoms with Gasteiger partial charge >= 0.3 is 6.18 Å². The highest BCUT2D eigenvalue weighted by Crippen LogP contribution is 2.27. The molecule has 138 valence electrons. The molecule has 1 unspecified atom stereocenters. The van der Waals surface area contributed by atoms with E-state index in [0.717, 1.165) is 10.8 Å². The van der Waals surface area contributed by atoms with Crippen molar-refractivity contribution in [1.29, 1.82) is 0 Å². The number of amides is 1. The number of hydrogen-bond donors (Lipinski definition) is 0. The van der Waals surface area contributed by atoms with Crippen LogP contribution < -0.4 is 0 Å². The van der Waals surface area contributed by atoms with Crippen LogP contribution in [-0.4, -0.2) is 35.9 Å². The minimum Gasteiger partial charge on any atom is -0.342 e. The van der Waals surface area contributed by atoms with Gasteiger partial charge in [0.25, 0.3) is 0 Å². The zero-order chi connectivity index (χ0) is 18.7. The van der Waals surface area contributed by atoms with Gasteiger partial charge in [-0.05, 0) is 23.6 Å². The summed E-state index contributed by atoms with van der Waals surface area (Å²) >= 11 is 0. The SMILES string of the molecule is O=C(c1cccc2ccccc12)C1CCCN(C(=O)CCC(F)(F)F)C1. The number of likely N-dealkylation sites (tertiary alicyclic amines) is 1. The van der Waals surface area contributed by atoms with Crippen molar-refractivity contribution in [3.63, 3.8) is 0 Å². The standard InChI is InChI=1S/C20H20F3NO2/c21-20(22,23)11-10-18(25)24-12-4-7-15(13-24)19(26)17-9-3-6-14-5-1-2-8-16(14)17/h1-3,5-6,8-9,15H,4,7,10-13H2. The number of nitrogens with zero attached hydrogens (tertiary/aromatic N) is 1. The first-order valence-corrected chi connectivity index (χ1v) is 8.71. The number of fused-ring (bicyclic) bond motifs is 1. The summed E-state index contributed by atoms with van der Waals surface area (Å²) in [5.74, 6) is -0.947. The molecule has 1 aliphatic rings. The Morgan fingerprint density at radius 3 is 2.58 bits per heavy atom. The van der Waals surface area contributed by atoms with Gasteiger partial charge in [-0.25, -0.2) is 0 Å². The molecule has 26 heavy (non-hydrogen) atoms. The fourth-order valence-corrected chi connectivity index (χ4v) is 3.48. The van der Waals surface area contributed by atoms with E-state index in [2.05, 4.69) is 0 Å². The minimum atomic E-state index is -4.34. The molecule has 0 N–H and O–H groups in total. The van der Waals surface area contributed by atoms with Gasteiger partial charge < -0.3 is 4.90 Å². The van der Waals surface area contributed by atoms with E-state index in [1.165, 1.54) is 4.90 Å². The second-order valence-corrected chi connectivity index (χ2v) is 6.69. The van der Waals surface area contributed by atoms with Crippen LogP contribution in [0.15, 0.2) is 42.5 Å². The Kier molecular flexibility index (Phi) is 5.30. The number of carbonyl (C=O) groups excluding carboxylic acids is 2. The van der Waals surface area contributed by atoms with E-state index in [0.29, 0.717) is 24.9 Å². The molecule has 3 nitrogen and oxygen atoms in total. The third-order valence-corrected chi connectivity index (χ3v) is 4.82. The zero-order valence-electron chi connectivity index (χ0n) is 14.3. The first-order valence-electron chi connectivity index (χ1n) is 8.71. The topological polar surface area (TPSA) is 37.4 Å². The third-order valence-electron chi connectivity index (χ3n) is 4.82. The van der Waals surface area contributed by atoms with Crippen molar-refractivity contribution in [3.05, 3.63) is 48.0 Å². The Bertz CT molecular complexity index is 811. The lowest BCUT2D eigenvalue weighted by Gasteiger charge is -2.32. The second kappa shape index (κ2) is 7.48. The van der Waals surface area contributed by atoms with E-state index in [1.807, 2.05) is 36.4 Å². The van der Waals surface area contributed by atoms with Crippen molar-refractivity contribution in [2.45, 2.75) is 31.9 Å². The van der Waals surface area contributed by atoms with Crippen molar-refractivity contribution in [3.8, 4) is 0 Å². The van der Waals surface area contributed by atoms with Crippen molar-refractivity contribution < 1.29 is 22.8 Å². The minimum absolute atomic E-state index is 0.0462. The third kappa shape index (κ3) is 4.23. The maximum atomic E-state index is 13.0. The molecule has 1 aliphatic heterocycles. The molecule has 0 spiro atoms. The summed E-state index contributed by atoms with van der Waals surface area (Å²) < 4.78 is 37.0. The Hall–Kier alpha value is -2.37. The molecular weight excluding hydrogens is 343 g/mol. The quantitative estimate of drug-likeness (QED) is 0.745. The van der Waals surface area contributed by atoms with Crippen molar-refractivity contribution in [2.75, 3.05) is 13.1 Å². The molecule has 1 heterocycles. The molecule has 0 saturated carbocycles. The number of Topliss-reactive ketones (excluding diaryl/α,β-unsaturated/α-hetero) is 1. The summed E-state index contributed by atoms with van der Waals surface area (Å²) in [7, 11) is 0. The van der Waals surface area contributed by atoms with Gasteiger partial charge in [0.05, 0.1) is 6.42 Å². The molecule has 2 aromatic rings. The first kappa shape index (κ1) is 18.4. The number of hydrogen-bond acceptors (Lipinski definition) is 2. The highest BCUT2D eigenvalue weighted by Gasteiger charge is 2.32. The van der Waals surface area contributed by atoms with Crippen molar-refractivity contribution >= 4 is 22.5 Å². The summed E-state index contributed by atoms with van der Waals surface area (Å²) in [5, 5.41) is 1.83. The highest BCUT2D eigenvalue weighted by molar-refractivity contribution is 6.09. The lowest BCUT2D eigenvalue weighted by Crippen LogP contribution is -2.42. The number of halogens is 3. The smallest absolute Gasteiger partial charge is 0.342 e. The molecular formula is C20H20F3NO2. The molecule has 1 amide bonds. The summed E-state index contributed by atoms with van der Waals surface area (Å²) in [5.41, 5.74) is 0.609. The van der Waals surface area contributed by atoms with Gasteiger partial charge in [-0.3, -0.25) is 9.59 Å². The Balaban J connectivity index is 1.73. The molecule has 0 bridgehead atoms. The maximum absolute atomic E-state index is 13.0.